The highest BCUT2D eigenvalue weighted by Crippen LogP contribution is 2.32. The molecule has 0 saturated carbocycles. The van der Waals surface area contributed by atoms with E-state index in [0.29, 0.717) is 13.2 Å². The van der Waals surface area contributed by atoms with Crippen LogP contribution < -0.4 is 9.47 Å². The van der Waals surface area contributed by atoms with Gasteiger partial charge >= 0.3 is 0 Å². The number of rotatable bonds is 8. The fraction of sp³-hybridized carbons (Fsp3) is 0.625. The summed E-state index contributed by atoms with van der Waals surface area (Å²) in [6, 6.07) is 5.92. The van der Waals surface area contributed by atoms with Crippen molar-refractivity contribution in [3.63, 3.8) is 0 Å². The average molecular weight is 266 g/mol. The molecule has 1 rings (SSSR count). The Labute approximate surface area is 116 Å². The number of hydrogen-bond acceptors (Lipinski definition) is 3. The normalized spacial score (nSPS) is 13.9. The molecule has 0 heterocycles. The summed E-state index contributed by atoms with van der Waals surface area (Å²) in [5, 5.41) is 9.68. The van der Waals surface area contributed by atoms with Gasteiger partial charge in [0.1, 0.15) is 0 Å². The molecule has 0 aromatic heterocycles. The fourth-order valence-electron chi connectivity index (χ4n) is 1.74. The predicted octanol–water partition coefficient (Wildman–Crippen LogP) is 3.75. The lowest BCUT2D eigenvalue weighted by Crippen LogP contribution is -2.11. The topological polar surface area (TPSA) is 38.7 Å². The van der Waals surface area contributed by atoms with Crippen LogP contribution in [0.3, 0.4) is 0 Å². The second-order valence-corrected chi connectivity index (χ2v) is 4.93. The Morgan fingerprint density at radius 2 is 1.58 bits per heavy atom. The lowest BCUT2D eigenvalue weighted by molar-refractivity contribution is 0.168. The molecule has 0 saturated heterocycles. The molecular formula is C16H26O3. The minimum absolute atomic E-state index is 0.0872. The third kappa shape index (κ3) is 4.75. The van der Waals surface area contributed by atoms with Crippen LogP contribution in [-0.4, -0.2) is 24.4 Å². The van der Waals surface area contributed by atoms with E-state index in [0.717, 1.165) is 29.9 Å². The van der Waals surface area contributed by atoms with Crippen molar-refractivity contribution in [2.24, 2.45) is 0 Å². The molecule has 0 aliphatic rings. The standard InChI is InChI=1S/C16H26O3/c1-5-9-18-15-8-7-14(12(3)13(4)17)11-16(15)19-10-6-2/h7-8,11-13,17H,5-6,9-10H2,1-4H3. The maximum absolute atomic E-state index is 9.68. The van der Waals surface area contributed by atoms with Crippen molar-refractivity contribution in [2.45, 2.75) is 52.6 Å². The molecular weight excluding hydrogens is 240 g/mol. The molecule has 0 fully saturated rings. The summed E-state index contributed by atoms with van der Waals surface area (Å²) in [6.07, 6.45) is 1.56. The Morgan fingerprint density at radius 1 is 1.00 bits per heavy atom. The van der Waals surface area contributed by atoms with Gasteiger partial charge in [-0.05, 0) is 37.5 Å². The highest BCUT2D eigenvalue weighted by molar-refractivity contribution is 5.44. The van der Waals surface area contributed by atoms with Crippen molar-refractivity contribution in [3.05, 3.63) is 23.8 Å². The van der Waals surface area contributed by atoms with Crippen molar-refractivity contribution in [1.82, 2.24) is 0 Å². The maximum Gasteiger partial charge on any atom is 0.161 e. The van der Waals surface area contributed by atoms with Gasteiger partial charge < -0.3 is 14.6 Å². The largest absolute Gasteiger partial charge is 0.490 e. The first-order chi connectivity index (χ1) is 9.10. The third-order valence-electron chi connectivity index (χ3n) is 3.14. The molecule has 2 unspecified atom stereocenters. The molecule has 0 spiro atoms. The molecule has 0 aliphatic heterocycles. The Morgan fingerprint density at radius 3 is 2.11 bits per heavy atom. The maximum atomic E-state index is 9.68. The van der Waals surface area contributed by atoms with Crippen LogP contribution in [0.4, 0.5) is 0 Å². The van der Waals surface area contributed by atoms with E-state index in [1.54, 1.807) is 6.92 Å². The van der Waals surface area contributed by atoms with E-state index in [9.17, 15) is 5.11 Å². The van der Waals surface area contributed by atoms with Crippen LogP contribution >= 0.6 is 0 Å². The zero-order valence-corrected chi connectivity index (χ0v) is 12.5. The Hall–Kier alpha value is -1.22. The molecule has 1 N–H and O–H groups in total. The van der Waals surface area contributed by atoms with Crippen LogP contribution in [0.25, 0.3) is 0 Å². The third-order valence-corrected chi connectivity index (χ3v) is 3.14. The first-order valence-corrected chi connectivity index (χ1v) is 7.17. The van der Waals surface area contributed by atoms with Gasteiger partial charge in [-0.3, -0.25) is 0 Å². The van der Waals surface area contributed by atoms with E-state index in [1.165, 1.54) is 0 Å². The summed E-state index contributed by atoms with van der Waals surface area (Å²) in [5.74, 6) is 1.65. The molecule has 0 amide bonds. The second kappa shape index (κ2) is 8.05. The lowest BCUT2D eigenvalue weighted by atomic mass is 9.96. The van der Waals surface area contributed by atoms with Crippen LogP contribution in [0.2, 0.25) is 0 Å². The molecule has 0 aliphatic carbocycles. The highest BCUT2D eigenvalue weighted by atomic mass is 16.5. The summed E-state index contributed by atoms with van der Waals surface area (Å²) >= 11 is 0. The van der Waals surface area contributed by atoms with Crippen LogP contribution in [0.15, 0.2) is 18.2 Å². The quantitative estimate of drug-likeness (QED) is 0.779. The van der Waals surface area contributed by atoms with Crippen molar-refractivity contribution in [3.8, 4) is 11.5 Å². The molecule has 19 heavy (non-hydrogen) atoms. The SMILES string of the molecule is CCCOc1ccc(C(C)C(C)O)cc1OCCC. The van der Waals surface area contributed by atoms with E-state index < -0.39 is 0 Å². The molecule has 1 aromatic carbocycles. The molecule has 1 aromatic rings. The van der Waals surface area contributed by atoms with E-state index in [4.69, 9.17) is 9.47 Å². The van der Waals surface area contributed by atoms with E-state index in [1.807, 2.05) is 25.1 Å². The van der Waals surface area contributed by atoms with Crippen molar-refractivity contribution < 1.29 is 14.6 Å². The molecule has 0 bridgehead atoms. The number of benzene rings is 1. The second-order valence-electron chi connectivity index (χ2n) is 4.93. The molecule has 2 atom stereocenters. The Bertz CT molecular complexity index is 374. The van der Waals surface area contributed by atoms with E-state index >= 15 is 0 Å². The summed E-state index contributed by atoms with van der Waals surface area (Å²) in [5.41, 5.74) is 1.07. The average Bonchev–Trinajstić information content (AvgIpc) is 2.42. The van der Waals surface area contributed by atoms with E-state index in [2.05, 4.69) is 13.8 Å². The van der Waals surface area contributed by atoms with Gasteiger partial charge in [-0.1, -0.05) is 26.8 Å². The van der Waals surface area contributed by atoms with Gasteiger partial charge in [0.05, 0.1) is 19.3 Å². The minimum Gasteiger partial charge on any atom is -0.490 e. The van der Waals surface area contributed by atoms with E-state index in [-0.39, 0.29) is 12.0 Å². The summed E-state index contributed by atoms with van der Waals surface area (Å²) in [4.78, 5) is 0. The predicted molar refractivity (Wildman–Crippen MR) is 78.1 cm³/mol. The van der Waals surface area contributed by atoms with Crippen LogP contribution in [0, 0.1) is 0 Å². The Kier molecular flexibility index (Phi) is 6.71. The molecule has 108 valence electrons. The lowest BCUT2D eigenvalue weighted by Gasteiger charge is -2.18. The van der Waals surface area contributed by atoms with Crippen LogP contribution in [-0.2, 0) is 0 Å². The molecule has 3 heteroatoms. The first-order valence-electron chi connectivity index (χ1n) is 7.17. The van der Waals surface area contributed by atoms with Crippen molar-refractivity contribution in [2.75, 3.05) is 13.2 Å². The number of ether oxygens (including phenoxy) is 2. The van der Waals surface area contributed by atoms with Gasteiger partial charge in [0.15, 0.2) is 11.5 Å². The van der Waals surface area contributed by atoms with Gasteiger partial charge in [0.2, 0.25) is 0 Å². The van der Waals surface area contributed by atoms with Crippen LogP contribution in [0.1, 0.15) is 52.0 Å². The van der Waals surface area contributed by atoms with Crippen LogP contribution in [0.5, 0.6) is 11.5 Å². The highest BCUT2D eigenvalue weighted by Gasteiger charge is 2.14. The fourth-order valence-corrected chi connectivity index (χ4v) is 1.74. The van der Waals surface area contributed by atoms with Gasteiger partial charge in [0.25, 0.3) is 0 Å². The number of aliphatic hydroxyl groups is 1. The smallest absolute Gasteiger partial charge is 0.161 e. The first kappa shape index (κ1) is 15.8. The van der Waals surface area contributed by atoms with Gasteiger partial charge in [-0.2, -0.15) is 0 Å². The number of hydrogen-bond donors (Lipinski definition) is 1. The zero-order chi connectivity index (χ0) is 14.3. The van der Waals surface area contributed by atoms with Gasteiger partial charge in [0, 0.05) is 5.92 Å². The van der Waals surface area contributed by atoms with Gasteiger partial charge in [-0.25, -0.2) is 0 Å². The number of aliphatic hydroxyl groups excluding tert-OH is 1. The zero-order valence-electron chi connectivity index (χ0n) is 12.5. The molecule has 0 radical (unpaired) electrons. The monoisotopic (exact) mass is 266 g/mol. The van der Waals surface area contributed by atoms with Crippen molar-refractivity contribution >= 4 is 0 Å². The molecule has 3 nitrogen and oxygen atoms in total. The summed E-state index contributed by atoms with van der Waals surface area (Å²) < 4.78 is 11.4. The van der Waals surface area contributed by atoms with Gasteiger partial charge in [-0.15, -0.1) is 0 Å². The summed E-state index contributed by atoms with van der Waals surface area (Å²) in [7, 11) is 0. The van der Waals surface area contributed by atoms with Crippen molar-refractivity contribution in [1.29, 1.82) is 0 Å². The Balaban J connectivity index is 2.93. The minimum atomic E-state index is -0.374. The summed E-state index contributed by atoms with van der Waals surface area (Å²) in [6.45, 7) is 9.34.